The van der Waals surface area contributed by atoms with Crippen LogP contribution < -0.4 is 5.32 Å². The number of rotatable bonds is 5. The van der Waals surface area contributed by atoms with Crippen molar-refractivity contribution in [1.29, 1.82) is 0 Å². The molecule has 1 rings (SSSR count). The van der Waals surface area contributed by atoms with Gasteiger partial charge in [-0.3, -0.25) is 4.79 Å². The maximum Gasteiger partial charge on any atom is 0.408 e. The van der Waals surface area contributed by atoms with E-state index in [1.54, 1.807) is 0 Å². The van der Waals surface area contributed by atoms with Gasteiger partial charge in [-0.2, -0.15) is 0 Å². The number of hydrogen-bond acceptors (Lipinski definition) is 3. The second-order valence-corrected chi connectivity index (χ2v) is 4.71. The summed E-state index contributed by atoms with van der Waals surface area (Å²) >= 11 is 3.74. The van der Waals surface area contributed by atoms with Crippen LogP contribution in [0, 0.1) is 5.92 Å². The SMILES string of the molecule is CC(C)[C@H](NC(=O)OCc1ccccc1)C(=O)S. The van der Waals surface area contributed by atoms with E-state index in [2.05, 4.69) is 17.9 Å². The smallest absolute Gasteiger partial charge is 0.408 e. The van der Waals surface area contributed by atoms with Crippen LogP contribution in [0.3, 0.4) is 0 Å². The van der Waals surface area contributed by atoms with E-state index >= 15 is 0 Å². The van der Waals surface area contributed by atoms with Gasteiger partial charge in [0.15, 0.2) is 0 Å². The Morgan fingerprint density at radius 2 is 1.89 bits per heavy atom. The monoisotopic (exact) mass is 267 g/mol. The quantitative estimate of drug-likeness (QED) is 0.805. The molecule has 1 atom stereocenters. The fourth-order valence-corrected chi connectivity index (χ4v) is 1.77. The van der Waals surface area contributed by atoms with E-state index in [9.17, 15) is 9.59 Å². The van der Waals surface area contributed by atoms with Crippen LogP contribution >= 0.6 is 12.6 Å². The molecular weight excluding hydrogens is 250 g/mol. The van der Waals surface area contributed by atoms with Crippen molar-refractivity contribution in [1.82, 2.24) is 5.32 Å². The predicted octanol–water partition coefficient (Wildman–Crippen LogP) is 2.39. The van der Waals surface area contributed by atoms with Gasteiger partial charge in [0.05, 0.1) is 0 Å². The van der Waals surface area contributed by atoms with Crippen LogP contribution in [0.25, 0.3) is 0 Å². The molecule has 1 amide bonds. The molecule has 1 aromatic carbocycles. The lowest BCUT2D eigenvalue weighted by atomic mass is 10.1. The van der Waals surface area contributed by atoms with E-state index < -0.39 is 12.1 Å². The molecule has 4 nitrogen and oxygen atoms in total. The van der Waals surface area contributed by atoms with Crippen LogP contribution in [0.2, 0.25) is 0 Å². The lowest BCUT2D eigenvalue weighted by Gasteiger charge is -2.18. The number of carbonyl (C=O) groups is 2. The molecule has 1 N–H and O–H groups in total. The average Bonchev–Trinajstić information content (AvgIpc) is 2.34. The number of alkyl carbamates (subject to hydrolysis) is 1. The highest BCUT2D eigenvalue weighted by Crippen LogP contribution is 2.06. The molecule has 0 aliphatic rings. The Balaban J connectivity index is 2.44. The molecule has 0 saturated heterocycles. The first-order valence-corrected chi connectivity index (χ1v) is 6.15. The van der Waals surface area contributed by atoms with Crippen molar-refractivity contribution in [3.63, 3.8) is 0 Å². The maximum absolute atomic E-state index is 11.5. The third-order valence-electron chi connectivity index (χ3n) is 2.42. The minimum atomic E-state index is -0.628. The van der Waals surface area contributed by atoms with Crippen LogP contribution in [0.1, 0.15) is 19.4 Å². The summed E-state index contributed by atoms with van der Waals surface area (Å²) in [4.78, 5) is 22.7. The van der Waals surface area contributed by atoms with Gasteiger partial charge in [0, 0.05) is 0 Å². The molecule has 0 fully saturated rings. The van der Waals surface area contributed by atoms with E-state index in [4.69, 9.17) is 4.74 Å². The van der Waals surface area contributed by atoms with Crippen molar-refractivity contribution < 1.29 is 14.3 Å². The van der Waals surface area contributed by atoms with Gasteiger partial charge in [0.1, 0.15) is 12.6 Å². The van der Waals surface area contributed by atoms with E-state index in [1.807, 2.05) is 44.2 Å². The molecular formula is C13H17NO3S. The number of benzene rings is 1. The topological polar surface area (TPSA) is 55.4 Å². The number of ether oxygens (including phenoxy) is 1. The number of nitrogens with one attached hydrogen (secondary N) is 1. The third-order valence-corrected chi connectivity index (χ3v) is 2.70. The van der Waals surface area contributed by atoms with Crippen LogP contribution in [-0.2, 0) is 16.1 Å². The van der Waals surface area contributed by atoms with Gasteiger partial charge in [-0.1, -0.05) is 44.2 Å². The van der Waals surface area contributed by atoms with Crippen LogP contribution in [-0.4, -0.2) is 17.3 Å². The second-order valence-electron chi connectivity index (χ2n) is 4.27. The molecule has 0 saturated carbocycles. The Hall–Kier alpha value is -1.49. The molecule has 0 aromatic heterocycles. The maximum atomic E-state index is 11.5. The Bertz CT molecular complexity index is 406. The molecule has 18 heavy (non-hydrogen) atoms. The van der Waals surface area contributed by atoms with Gasteiger partial charge in [-0.15, -0.1) is 12.6 Å². The summed E-state index contributed by atoms with van der Waals surface area (Å²) in [7, 11) is 0. The number of amides is 1. The van der Waals surface area contributed by atoms with Gasteiger partial charge >= 0.3 is 6.09 Å². The number of carbonyl (C=O) groups excluding carboxylic acids is 2. The van der Waals surface area contributed by atoms with Crippen molar-refractivity contribution in [2.45, 2.75) is 26.5 Å². The van der Waals surface area contributed by atoms with Gasteiger partial charge in [-0.25, -0.2) is 4.79 Å². The highest BCUT2D eigenvalue weighted by molar-refractivity contribution is 7.96. The van der Waals surface area contributed by atoms with Crippen molar-refractivity contribution in [2.75, 3.05) is 0 Å². The molecule has 98 valence electrons. The lowest BCUT2D eigenvalue weighted by molar-refractivity contribution is -0.113. The molecule has 5 heteroatoms. The lowest BCUT2D eigenvalue weighted by Crippen LogP contribution is -2.42. The summed E-state index contributed by atoms with van der Waals surface area (Å²) in [6.07, 6.45) is -0.611. The first-order valence-electron chi connectivity index (χ1n) is 5.70. The van der Waals surface area contributed by atoms with Crippen molar-refractivity contribution in [2.24, 2.45) is 5.92 Å². The average molecular weight is 267 g/mol. The standard InChI is InChI=1S/C13H17NO3S/c1-9(2)11(12(15)18)14-13(16)17-8-10-6-4-3-5-7-10/h3-7,9,11H,8H2,1-2H3,(H,14,16)(H,15,18)/t11-/m0/s1. The van der Waals surface area contributed by atoms with Crippen LogP contribution in [0.5, 0.6) is 0 Å². The summed E-state index contributed by atoms with van der Waals surface area (Å²) < 4.78 is 5.02. The largest absolute Gasteiger partial charge is 0.445 e. The summed E-state index contributed by atoms with van der Waals surface area (Å²) in [5.41, 5.74) is 0.894. The molecule has 0 bridgehead atoms. The highest BCUT2D eigenvalue weighted by atomic mass is 32.1. The Morgan fingerprint density at radius 1 is 1.28 bits per heavy atom. The molecule has 0 unspecified atom stereocenters. The van der Waals surface area contributed by atoms with Gasteiger partial charge in [0.25, 0.3) is 0 Å². The zero-order chi connectivity index (χ0) is 13.5. The normalized spacial score (nSPS) is 12.0. The van der Waals surface area contributed by atoms with E-state index in [0.717, 1.165) is 5.56 Å². The Kier molecular flexibility index (Phi) is 5.71. The zero-order valence-corrected chi connectivity index (χ0v) is 11.3. The molecule has 0 aliphatic heterocycles. The summed E-state index contributed by atoms with van der Waals surface area (Å²) in [5, 5.41) is 2.13. The summed E-state index contributed by atoms with van der Waals surface area (Å²) in [5.74, 6) is -0.0284. The molecule has 0 spiro atoms. The minimum absolute atomic E-state index is 0.0284. The minimum Gasteiger partial charge on any atom is -0.445 e. The van der Waals surface area contributed by atoms with Crippen molar-refractivity contribution >= 4 is 23.8 Å². The van der Waals surface area contributed by atoms with Gasteiger partial charge < -0.3 is 10.1 Å². The summed E-state index contributed by atoms with van der Waals surface area (Å²) in [6, 6.07) is 8.71. The van der Waals surface area contributed by atoms with E-state index in [0.29, 0.717) is 0 Å². The van der Waals surface area contributed by atoms with Crippen molar-refractivity contribution in [3.05, 3.63) is 35.9 Å². The molecule has 0 aliphatic carbocycles. The zero-order valence-electron chi connectivity index (χ0n) is 10.4. The first-order chi connectivity index (χ1) is 8.50. The third kappa shape index (κ3) is 4.79. The summed E-state index contributed by atoms with van der Waals surface area (Å²) in [6.45, 7) is 3.84. The first kappa shape index (κ1) is 14.6. The highest BCUT2D eigenvalue weighted by Gasteiger charge is 2.21. The van der Waals surface area contributed by atoms with E-state index in [-0.39, 0.29) is 17.6 Å². The molecule has 0 radical (unpaired) electrons. The molecule has 1 aromatic rings. The van der Waals surface area contributed by atoms with Gasteiger partial charge in [0.2, 0.25) is 5.12 Å². The second kappa shape index (κ2) is 7.06. The van der Waals surface area contributed by atoms with Crippen LogP contribution in [0.15, 0.2) is 30.3 Å². The van der Waals surface area contributed by atoms with Crippen LogP contribution in [0.4, 0.5) is 4.79 Å². The fourth-order valence-electron chi connectivity index (χ4n) is 1.41. The number of hydrogen-bond donors (Lipinski definition) is 2. The van der Waals surface area contributed by atoms with Crippen molar-refractivity contribution in [3.8, 4) is 0 Å². The fraction of sp³-hybridized carbons (Fsp3) is 0.385. The Labute approximate surface area is 112 Å². The van der Waals surface area contributed by atoms with E-state index in [1.165, 1.54) is 0 Å². The van der Waals surface area contributed by atoms with Gasteiger partial charge in [-0.05, 0) is 11.5 Å². The predicted molar refractivity (Wildman–Crippen MR) is 72.4 cm³/mol. The molecule has 0 heterocycles. The number of thiol groups is 1. The Morgan fingerprint density at radius 3 is 2.39 bits per heavy atom.